The number of aliphatic hydroxyl groups excluding tert-OH is 1. The van der Waals surface area contributed by atoms with Crippen molar-refractivity contribution in [2.75, 3.05) is 6.67 Å². The average Bonchev–Trinajstić information content (AvgIpc) is 2.32. The number of carbonyl (C=O) groups excluding carboxylic acids is 2. The van der Waals surface area contributed by atoms with E-state index in [0.29, 0.717) is 5.82 Å². The summed E-state index contributed by atoms with van der Waals surface area (Å²) in [5.41, 5.74) is 0.159. The lowest BCUT2D eigenvalue weighted by atomic mass is 10.1. The van der Waals surface area contributed by atoms with E-state index in [2.05, 4.69) is 15.6 Å². The zero-order valence-electron chi connectivity index (χ0n) is 9.17. The van der Waals surface area contributed by atoms with Crippen molar-refractivity contribution in [2.24, 2.45) is 10.8 Å². The number of amides is 1. The molecule has 0 bridgehead atoms. The highest BCUT2D eigenvalue weighted by Gasteiger charge is 2.32. The molecule has 2 aliphatic rings. The largest absolute Gasteiger partial charge is 0.383 e. The minimum Gasteiger partial charge on any atom is -0.383 e. The highest BCUT2D eigenvalue weighted by Crippen LogP contribution is 2.15. The lowest BCUT2D eigenvalue weighted by Gasteiger charge is -2.32. The number of rotatable bonds is 2. The molecule has 2 unspecified atom stereocenters. The molecule has 0 fully saturated rings. The quantitative estimate of drug-likeness (QED) is 0.392. The van der Waals surface area contributed by atoms with Crippen LogP contribution in [0.4, 0.5) is 0 Å². The van der Waals surface area contributed by atoms with Crippen molar-refractivity contribution in [3.05, 3.63) is 11.5 Å². The summed E-state index contributed by atoms with van der Waals surface area (Å²) in [7, 11) is 0. The van der Waals surface area contributed by atoms with Crippen molar-refractivity contribution < 1.29 is 14.7 Å². The van der Waals surface area contributed by atoms with E-state index in [4.69, 9.17) is 5.84 Å². The van der Waals surface area contributed by atoms with Crippen LogP contribution in [-0.4, -0.2) is 46.8 Å². The van der Waals surface area contributed by atoms with Gasteiger partial charge >= 0.3 is 0 Å². The van der Waals surface area contributed by atoms with Crippen LogP contribution in [0.15, 0.2) is 16.5 Å². The second-order valence-electron chi connectivity index (χ2n) is 3.84. The first-order valence-electron chi connectivity index (χ1n) is 5.04. The van der Waals surface area contributed by atoms with E-state index < -0.39 is 17.9 Å². The van der Waals surface area contributed by atoms with Crippen molar-refractivity contribution in [3.63, 3.8) is 0 Å². The molecule has 1 amide bonds. The fourth-order valence-electron chi connectivity index (χ4n) is 1.60. The van der Waals surface area contributed by atoms with Crippen LogP contribution in [-0.2, 0) is 9.59 Å². The summed E-state index contributed by atoms with van der Waals surface area (Å²) < 4.78 is 0. The molecule has 5 N–H and O–H groups in total. The van der Waals surface area contributed by atoms with Gasteiger partial charge in [0.15, 0.2) is 11.6 Å². The first-order valence-corrected chi connectivity index (χ1v) is 5.04. The Hall–Kier alpha value is -1.93. The lowest BCUT2D eigenvalue weighted by molar-refractivity contribution is -0.126. The fraction of sp³-hybridized carbons (Fsp3) is 0.444. The standard InChI is InChI=1S/C9H13N5O3/c1-4(15)7(16)5-2-11-8-6(13-5)9(17)12-3-14(8)10/h2,5,7,13,16H,3,10H2,1H3,(H,12,17). The molecule has 8 nitrogen and oxygen atoms in total. The summed E-state index contributed by atoms with van der Waals surface area (Å²) in [6.45, 7) is 1.43. The number of aliphatic imine (C=N–C) groups is 1. The third-order valence-corrected chi connectivity index (χ3v) is 2.56. The number of Topliss-reactive ketones (excluding diaryl/α,β-unsaturated/α-hetero) is 1. The van der Waals surface area contributed by atoms with Gasteiger partial charge in [-0.05, 0) is 6.92 Å². The molecule has 17 heavy (non-hydrogen) atoms. The average molecular weight is 239 g/mol. The van der Waals surface area contributed by atoms with Crippen LogP contribution in [0, 0.1) is 0 Å². The molecule has 0 saturated heterocycles. The Labute approximate surface area is 97.1 Å². The first kappa shape index (κ1) is 11.6. The van der Waals surface area contributed by atoms with E-state index in [9.17, 15) is 14.7 Å². The van der Waals surface area contributed by atoms with Crippen molar-refractivity contribution in [1.29, 1.82) is 0 Å². The van der Waals surface area contributed by atoms with Crippen molar-refractivity contribution >= 4 is 17.9 Å². The highest BCUT2D eigenvalue weighted by molar-refractivity contribution is 5.97. The van der Waals surface area contributed by atoms with E-state index >= 15 is 0 Å². The van der Waals surface area contributed by atoms with Gasteiger partial charge < -0.3 is 15.7 Å². The maximum atomic E-state index is 11.6. The number of hydrogen-bond acceptors (Lipinski definition) is 7. The Balaban J connectivity index is 2.23. The summed E-state index contributed by atoms with van der Waals surface area (Å²) >= 11 is 0. The summed E-state index contributed by atoms with van der Waals surface area (Å²) in [5, 5.41) is 16.1. The topological polar surface area (TPSA) is 120 Å². The van der Waals surface area contributed by atoms with Crippen LogP contribution >= 0.6 is 0 Å². The van der Waals surface area contributed by atoms with Crippen LogP contribution in [0.2, 0.25) is 0 Å². The second kappa shape index (κ2) is 4.15. The molecular weight excluding hydrogens is 226 g/mol. The second-order valence-corrected chi connectivity index (χ2v) is 3.84. The number of hydrogen-bond donors (Lipinski definition) is 4. The van der Waals surface area contributed by atoms with E-state index in [1.54, 1.807) is 0 Å². The van der Waals surface area contributed by atoms with Gasteiger partial charge in [0.2, 0.25) is 0 Å². The summed E-state index contributed by atoms with van der Waals surface area (Å²) in [6, 6.07) is -0.719. The molecular formula is C9H13N5O3. The summed E-state index contributed by atoms with van der Waals surface area (Å²) in [4.78, 5) is 26.6. The zero-order chi connectivity index (χ0) is 12.6. The van der Waals surface area contributed by atoms with Gasteiger partial charge in [-0.1, -0.05) is 0 Å². The first-order chi connectivity index (χ1) is 8.00. The number of hydrazine groups is 1. The third-order valence-electron chi connectivity index (χ3n) is 2.56. The predicted molar refractivity (Wildman–Crippen MR) is 58.2 cm³/mol. The Bertz CT molecular complexity index is 430. The zero-order valence-corrected chi connectivity index (χ0v) is 9.17. The summed E-state index contributed by atoms with van der Waals surface area (Å²) in [6.07, 6.45) is 0.123. The molecule has 0 radical (unpaired) electrons. The Kier molecular flexibility index (Phi) is 2.82. The van der Waals surface area contributed by atoms with Crippen LogP contribution < -0.4 is 16.5 Å². The molecule has 0 saturated carbocycles. The molecule has 0 aromatic rings. The summed E-state index contributed by atoms with van der Waals surface area (Å²) in [5.74, 6) is 5.14. The van der Waals surface area contributed by atoms with Gasteiger partial charge in [-0.15, -0.1) is 0 Å². The molecule has 92 valence electrons. The van der Waals surface area contributed by atoms with Gasteiger partial charge in [0, 0.05) is 6.21 Å². The number of aliphatic hydroxyl groups is 1. The maximum Gasteiger partial charge on any atom is 0.272 e. The fourth-order valence-corrected chi connectivity index (χ4v) is 1.60. The molecule has 2 rings (SSSR count). The van der Waals surface area contributed by atoms with Gasteiger partial charge in [0.1, 0.15) is 18.5 Å². The molecule has 2 atom stereocenters. The van der Waals surface area contributed by atoms with Crippen LogP contribution in [0.3, 0.4) is 0 Å². The smallest absolute Gasteiger partial charge is 0.272 e. The number of nitrogens with one attached hydrogen (secondary N) is 2. The van der Waals surface area contributed by atoms with Crippen molar-refractivity contribution in [3.8, 4) is 0 Å². The molecule has 0 spiro atoms. The van der Waals surface area contributed by atoms with E-state index in [1.165, 1.54) is 18.1 Å². The number of nitrogens with zero attached hydrogens (tertiary/aromatic N) is 2. The Morgan fingerprint density at radius 3 is 3.12 bits per heavy atom. The molecule has 0 aromatic carbocycles. The number of nitrogens with two attached hydrogens (primary N) is 1. The van der Waals surface area contributed by atoms with Gasteiger partial charge in [-0.25, -0.2) is 10.8 Å². The Morgan fingerprint density at radius 1 is 1.76 bits per heavy atom. The molecule has 2 aliphatic heterocycles. The van der Waals surface area contributed by atoms with Crippen LogP contribution in [0.1, 0.15) is 6.92 Å². The maximum absolute atomic E-state index is 11.6. The van der Waals surface area contributed by atoms with Gasteiger partial charge in [0.05, 0.1) is 6.04 Å². The molecule has 0 aromatic heterocycles. The molecule has 2 heterocycles. The predicted octanol–water partition coefficient (Wildman–Crippen LogP) is -2.59. The number of ketones is 1. The normalized spacial score (nSPS) is 25.0. The van der Waals surface area contributed by atoms with Gasteiger partial charge in [-0.3, -0.25) is 14.6 Å². The minimum absolute atomic E-state index is 0.159. The van der Waals surface area contributed by atoms with Gasteiger partial charge in [0.25, 0.3) is 5.91 Å². The van der Waals surface area contributed by atoms with E-state index in [1.807, 2.05) is 0 Å². The van der Waals surface area contributed by atoms with Crippen molar-refractivity contribution in [1.82, 2.24) is 15.6 Å². The third kappa shape index (κ3) is 1.99. The monoisotopic (exact) mass is 239 g/mol. The van der Waals surface area contributed by atoms with Crippen LogP contribution in [0.5, 0.6) is 0 Å². The van der Waals surface area contributed by atoms with E-state index in [-0.39, 0.29) is 18.3 Å². The van der Waals surface area contributed by atoms with Gasteiger partial charge in [-0.2, -0.15) is 0 Å². The van der Waals surface area contributed by atoms with Crippen molar-refractivity contribution in [2.45, 2.75) is 19.1 Å². The molecule has 8 heteroatoms. The van der Waals surface area contributed by atoms with Crippen LogP contribution in [0.25, 0.3) is 0 Å². The SMILES string of the molecule is CC(=O)C(O)C1C=NC2=C(N1)C(=O)NCN2N. The lowest BCUT2D eigenvalue weighted by Crippen LogP contribution is -2.55. The number of carbonyl (C=O) groups is 2. The Morgan fingerprint density at radius 2 is 2.47 bits per heavy atom. The molecule has 0 aliphatic carbocycles. The highest BCUT2D eigenvalue weighted by atomic mass is 16.3. The minimum atomic E-state index is -1.24. The van der Waals surface area contributed by atoms with E-state index in [0.717, 1.165) is 0 Å².